The molecule has 0 radical (unpaired) electrons. The highest BCUT2D eigenvalue weighted by Gasteiger charge is 1.73. The molecule has 0 bridgehead atoms. The summed E-state index contributed by atoms with van der Waals surface area (Å²) in [5, 5.41) is 0. The van der Waals surface area contributed by atoms with E-state index in [0.29, 0.717) is 5.84 Å². The summed E-state index contributed by atoms with van der Waals surface area (Å²) in [4.78, 5) is 10.9. The van der Waals surface area contributed by atoms with Gasteiger partial charge in [0.15, 0.2) is 0 Å². The molecule has 0 spiro atoms. The summed E-state index contributed by atoms with van der Waals surface area (Å²) >= 11 is 0. The van der Waals surface area contributed by atoms with Crippen LogP contribution in [0, 0.1) is 0 Å². The summed E-state index contributed by atoms with van der Waals surface area (Å²) in [6, 6.07) is 0. The Bertz CT molecular complexity index is 124. The summed E-state index contributed by atoms with van der Waals surface area (Å²) in [5.74, 6) is 0.706. The normalized spacial score (nSPS) is 12.5. The average Bonchev–Trinajstić information content (AvgIpc) is 1.83. The zero-order valence-corrected chi connectivity index (χ0v) is 5.13. The molecule has 0 amide bonds. The lowest BCUT2D eigenvalue weighted by Gasteiger charge is -1.81. The Balaban J connectivity index is 3.69. The van der Waals surface area contributed by atoms with Gasteiger partial charge in [0.05, 0.1) is 0 Å². The minimum Gasteiger partial charge on any atom is -0.274 e. The van der Waals surface area contributed by atoms with Crippen molar-refractivity contribution in [3.8, 4) is 0 Å². The fraction of sp³-hybridized carbons (Fsp3) is 0.400. The van der Waals surface area contributed by atoms with Gasteiger partial charge in [-0.2, -0.15) is 0 Å². The second-order valence-electron chi connectivity index (χ2n) is 1.20. The molecule has 0 fully saturated rings. The van der Waals surface area contributed by atoms with E-state index in [1.807, 2.05) is 0 Å². The van der Waals surface area contributed by atoms with Gasteiger partial charge in [0.25, 0.3) is 0 Å². The Kier molecular flexibility index (Phi) is 3.66. The van der Waals surface area contributed by atoms with Gasteiger partial charge in [0.2, 0.25) is 0 Å². The Hall–Kier alpha value is -0.990. The number of hydrogen-bond donors (Lipinski definition) is 0. The summed E-state index contributed by atoms with van der Waals surface area (Å²) in [6.45, 7) is 5.01. The molecule has 0 heterocycles. The third-order valence-corrected chi connectivity index (χ3v) is 0.650. The van der Waals surface area contributed by atoms with E-state index in [1.165, 1.54) is 6.34 Å². The number of hydrogen-bond acceptors (Lipinski definition) is 1. The topological polar surface area (TPSA) is 37.1 Å². The van der Waals surface area contributed by atoms with E-state index < -0.39 is 0 Å². The summed E-state index contributed by atoms with van der Waals surface area (Å²) < 4.78 is 0. The molecule has 8 heavy (non-hydrogen) atoms. The predicted molar refractivity (Wildman–Crippen MR) is 37.1 cm³/mol. The van der Waals surface area contributed by atoms with Crippen LogP contribution in [0.25, 0.3) is 0 Å². The SMILES string of the molecule is C=N/C=N\C(C)=N/C. The average molecular weight is 111 g/mol. The van der Waals surface area contributed by atoms with E-state index >= 15 is 0 Å². The van der Waals surface area contributed by atoms with Gasteiger partial charge < -0.3 is 0 Å². The van der Waals surface area contributed by atoms with Crippen molar-refractivity contribution in [2.75, 3.05) is 7.05 Å². The molecule has 0 unspecified atom stereocenters. The number of amidine groups is 1. The van der Waals surface area contributed by atoms with Gasteiger partial charge in [-0.3, -0.25) is 9.98 Å². The molecule has 44 valence electrons. The molecule has 3 nitrogen and oxygen atoms in total. The van der Waals surface area contributed by atoms with E-state index in [0.717, 1.165) is 0 Å². The number of aliphatic imine (C=N–C) groups is 3. The molecular formula is C5H9N3. The first-order chi connectivity index (χ1) is 3.81. The van der Waals surface area contributed by atoms with Crippen LogP contribution < -0.4 is 0 Å². The van der Waals surface area contributed by atoms with Crippen LogP contribution in [0.3, 0.4) is 0 Å². The maximum absolute atomic E-state index is 3.76. The summed E-state index contributed by atoms with van der Waals surface area (Å²) in [5.41, 5.74) is 0. The zero-order valence-electron chi connectivity index (χ0n) is 5.13. The van der Waals surface area contributed by atoms with Crippen LogP contribution in [-0.4, -0.2) is 25.9 Å². The van der Waals surface area contributed by atoms with Gasteiger partial charge in [-0.05, 0) is 13.6 Å². The molecule has 0 N–H and O–H groups in total. The molecule has 3 heteroatoms. The first kappa shape index (κ1) is 7.01. The summed E-state index contributed by atoms with van der Waals surface area (Å²) in [7, 11) is 1.68. The maximum atomic E-state index is 3.76. The van der Waals surface area contributed by atoms with Gasteiger partial charge in [-0.1, -0.05) is 0 Å². The first-order valence-corrected chi connectivity index (χ1v) is 2.23. The van der Waals surface area contributed by atoms with Crippen LogP contribution in [0.1, 0.15) is 6.92 Å². The third kappa shape index (κ3) is 3.21. The van der Waals surface area contributed by atoms with E-state index in [4.69, 9.17) is 0 Å². The van der Waals surface area contributed by atoms with Crippen molar-refractivity contribution in [3.05, 3.63) is 0 Å². The van der Waals surface area contributed by atoms with Crippen LogP contribution in [-0.2, 0) is 0 Å². The summed E-state index contributed by atoms with van der Waals surface area (Å²) in [6.07, 6.45) is 1.36. The fourth-order valence-corrected chi connectivity index (χ4v) is 0.182. The van der Waals surface area contributed by atoms with E-state index in [-0.39, 0.29) is 0 Å². The molecule has 0 aromatic heterocycles. The number of rotatable bonds is 1. The van der Waals surface area contributed by atoms with E-state index in [9.17, 15) is 0 Å². The monoisotopic (exact) mass is 111 g/mol. The quantitative estimate of drug-likeness (QED) is 0.354. The number of nitrogens with zero attached hydrogens (tertiary/aromatic N) is 3. The van der Waals surface area contributed by atoms with Crippen molar-refractivity contribution >= 4 is 18.9 Å². The molecule has 0 saturated heterocycles. The second kappa shape index (κ2) is 4.18. The van der Waals surface area contributed by atoms with Crippen molar-refractivity contribution in [2.24, 2.45) is 15.0 Å². The van der Waals surface area contributed by atoms with E-state index in [2.05, 4.69) is 21.7 Å². The molecule has 0 aromatic rings. The van der Waals surface area contributed by atoms with Crippen LogP contribution in [0.2, 0.25) is 0 Å². The maximum Gasteiger partial charge on any atom is 0.121 e. The Morgan fingerprint density at radius 2 is 2.25 bits per heavy atom. The Morgan fingerprint density at radius 3 is 2.62 bits per heavy atom. The highest BCUT2D eigenvalue weighted by molar-refractivity contribution is 5.87. The van der Waals surface area contributed by atoms with Crippen LogP contribution in [0.4, 0.5) is 0 Å². The zero-order chi connectivity index (χ0) is 6.41. The second-order valence-corrected chi connectivity index (χ2v) is 1.20. The Labute approximate surface area is 48.9 Å². The van der Waals surface area contributed by atoms with Gasteiger partial charge >= 0.3 is 0 Å². The smallest absolute Gasteiger partial charge is 0.121 e. The highest BCUT2D eigenvalue weighted by atomic mass is 14.9. The molecule has 0 aliphatic carbocycles. The minimum absolute atomic E-state index is 0.706. The predicted octanol–water partition coefficient (Wildman–Crippen LogP) is 0.764. The third-order valence-electron chi connectivity index (χ3n) is 0.650. The Morgan fingerprint density at radius 1 is 1.62 bits per heavy atom. The van der Waals surface area contributed by atoms with Crippen molar-refractivity contribution in [1.29, 1.82) is 0 Å². The van der Waals surface area contributed by atoms with Gasteiger partial charge in [0, 0.05) is 7.05 Å². The van der Waals surface area contributed by atoms with Crippen LogP contribution in [0.5, 0.6) is 0 Å². The van der Waals surface area contributed by atoms with Gasteiger partial charge in [-0.15, -0.1) is 0 Å². The molecular weight excluding hydrogens is 102 g/mol. The van der Waals surface area contributed by atoms with Crippen molar-refractivity contribution < 1.29 is 0 Å². The highest BCUT2D eigenvalue weighted by Crippen LogP contribution is 1.73. The molecule has 0 aromatic carbocycles. The van der Waals surface area contributed by atoms with Gasteiger partial charge in [0.1, 0.15) is 12.2 Å². The molecule has 0 saturated carbocycles. The van der Waals surface area contributed by atoms with Crippen molar-refractivity contribution in [1.82, 2.24) is 0 Å². The largest absolute Gasteiger partial charge is 0.274 e. The lowest BCUT2D eigenvalue weighted by molar-refractivity contribution is 1.38. The lowest BCUT2D eigenvalue weighted by Crippen LogP contribution is -1.82. The lowest BCUT2D eigenvalue weighted by atomic mass is 10.7. The molecule has 0 aliphatic heterocycles. The van der Waals surface area contributed by atoms with Gasteiger partial charge in [-0.25, -0.2) is 4.99 Å². The van der Waals surface area contributed by atoms with Crippen LogP contribution in [0.15, 0.2) is 15.0 Å². The standard InChI is InChI=1S/C5H9N3/c1-5(7-3)8-4-6-2/h4H,2H2,1,3H3/b7-5-,8-4-. The van der Waals surface area contributed by atoms with Crippen molar-refractivity contribution in [3.63, 3.8) is 0 Å². The molecule has 0 atom stereocenters. The molecule has 0 rings (SSSR count). The first-order valence-electron chi connectivity index (χ1n) is 2.23. The fourth-order valence-electron chi connectivity index (χ4n) is 0.182. The van der Waals surface area contributed by atoms with Crippen molar-refractivity contribution in [2.45, 2.75) is 6.92 Å². The van der Waals surface area contributed by atoms with E-state index in [1.54, 1.807) is 14.0 Å². The van der Waals surface area contributed by atoms with Crippen LogP contribution >= 0.6 is 0 Å². The molecule has 0 aliphatic rings. The minimum atomic E-state index is 0.706.